The molecule has 0 radical (unpaired) electrons. The first-order valence-corrected chi connectivity index (χ1v) is 11.1. The fourth-order valence-corrected chi connectivity index (χ4v) is 8.27. The number of rotatable bonds is 3. The molecule has 0 N–H and O–H groups in total. The summed E-state index contributed by atoms with van der Waals surface area (Å²) in [6.45, 7) is 15.9. The molecule has 2 aromatic carbocycles. The van der Waals surface area contributed by atoms with Crippen LogP contribution in [0, 0.1) is 33.6 Å². The molecule has 1 heteroatoms. The number of benzene rings is 2. The highest BCUT2D eigenvalue weighted by Gasteiger charge is 2.28. The van der Waals surface area contributed by atoms with Gasteiger partial charge in [-0.2, -0.15) is 0 Å². The summed E-state index contributed by atoms with van der Waals surface area (Å²) in [5, 5.41) is 4.73. The van der Waals surface area contributed by atoms with Crippen LogP contribution in [0.3, 0.4) is 0 Å². The van der Waals surface area contributed by atoms with Gasteiger partial charge in [-0.3, -0.25) is 0 Å². The van der Waals surface area contributed by atoms with Crippen LogP contribution in [0.1, 0.15) is 43.0 Å². The van der Waals surface area contributed by atoms with E-state index in [9.17, 15) is 0 Å². The highest BCUT2D eigenvalue weighted by atomic mass is 28.3. The predicted molar refractivity (Wildman–Crippen MR) is 114 cm³/mol. The molecule has 0 saturated carbocycles. The van der Waals surface area contributed by atoms with Gasteiger partial charge >= 0.3 is 0 Å². The molecule has 1 aliphatic rings. The summed E-state index contributed by atoms with van der Waals surface area (Å²) in [5.41, 5.74) is 8.58. The second kappa shape index (κ2) is 6.80. The van der Waals surface area contributed by atoms with Crippen LogP contribution in [-0.2, 0) is 0 Å². The minimum atomic E-state index is -1.45. The van der Waals surface area contributed by atoms with E-state index in [1.54, 1.807) is 21.1 Å². The van der Waals surface area contributed by atoms with Crippen LogP contribution in [0.15, 0.2) is 58.8 Å². The molecule has 0 aromatic heterocycles. The van der Waals surface area contributed by atoms with E-state index in [2.05, 4.69) is 90.9 Å². The normalized spacial score (nSPS) is 17.4. The Hall–Kier alpha value is -1.86. The molecule has 130 valence electrons. The lowest BCUT2D eigenvalue weighted by molar-refractivity contribution is 0.875. The Morgan fingerprint density at radius 3 is 1.36 bits per heavy atom. The largest absolute Gasteiger partial charge is 0.132 e. The highest BCUT2D eigenvalue weighted by Crippen LogP contribution is 2.32. The van der Waals surface area contributed by atoms with Gasteiger partial charge in [-0.1, -0.05) is 98.4 Å². The molecule has 0 spiro atoms. The van der Waals surface area contributed by atoms with Gasteiger partial charge in [-0.05, 0) is 47.5 Å². The quantitative estimate of drug-likeness (QED) is 0.706. The molecular weight excluding hydrogens is 316 g/mol. The Morgan fingerprint density at radius 1 is 0.640 bits per heavy atom. The molecule has 0 fully saturated rings. The van der Waals surface area contributed by atoms with Crippen LogP contribution < -0.4 is 10.4 Å². The van der Waals surface area contributed by atoms with Gasteiger partial charge in [-0.15, -0.1) is 0 Å². The SMILES string of the molecule is CC1=C(C)C(C)C=C1[SiH](c1cc(C)cc(C)c1)c1cc(C)cc(C)c1. The molecule has 0 aliphatic heterocycles. The minimum absolute atomic E-state index is 0.571. The summed E-state index contributed by atoms with van der Waals surface area (Å²) in [7, 11) is -1.45. The topological polar surface area (TPSA) is 0 Å². The number of aryl methyl sites for hydroxylation is 4. The molecule has 0 nitrogen and oxygen atoms in total. The van der Waals surface area contributed by atoms with Gasteiger partial charge in [0, 0.05) is 0 Å². The van der Waals surface area contributed by atoms with Crippen LogP contribution in [-0.4, -0.2) is 8.80 Å². The van der Waals surface area contributed by atoms with Crippen molar-refractivity contribution in [3.8, 4) is 0 Å². The molecule has 1 aliphatic carbocycles. The van der Waals surface area contributed by atoms with E-state index in [1.807, 2.05) is 0 Å². The summed E-state index contributed by atoms with van der Waals surface area (Å²) < 4.78 is 0. The molecule has 3 rings (SSSR count). The first-order valence-electron chi connectivity index (χ1n) is 9.32. The summed E-state index contributed by atoms with van der Waals surface area (Å²) in [6.07, 6.45) is 2.54. The van der Waals surface area contributed by atoms with E-state index in [0.717, 1.165) is 0 Å². The van der Waals surface area contributed by atoms with E-state index in [-0.39, 0.29) is 0 Å². The van der Waals surface area contributed by atoms with Crippen LogP contribution in [0.4, 0.5) is 0 Å². The van der Waals surface area contributed by atoms with E-state index in [0.29, 0.717) is 5.92 Å². The maximum Gasteiger partial charge on any atom is 0.132 e. The predicted octanol–water partition coefficient (Wildman–Crippen LogP) is 4.71. The van der Waals surface area contributed by atoms with Gasteiger partial charge in [0.15, 0.2) is 0 Å². The molecular formula is C24H30Si. The summed E-state index contributed by atoms with van der Waals surface area (Å²) in [5.74, 6) is 0.571. The number of allylic oxidation sites excluding steroid dienone is 4. The van der Waals surface area contributed by atoms with E-state index < -0.39 is 8.80 Å². The standard InChI is InChI=1S/C24H30Si/c1-15-8-16(2)11-22(10-15)25(23-12-17(3)9-18(4)13-23)24-14-19(5)20(6)21(24)7/h8-14,19,25H,1-7H3. The lowest BCUT2D eigenvalue weighted by Gasteiger charge is -2.22. The third-order valence-corrected chi connectivity index (χ3v) is 8.85. The second-order valence-corrected chi connectivity index (χ2v) is 10.8. The van der Waals surface area contributed by atoms with E-state index in [4.69, 9.17) is 0 Å². The van der Waals surface area contributed by atoms with Crippen LogP contribution >= 0.6 is 0 Å². The van der Waals surface area contributed by atoms with Crippen molar-refractivity contribution in [2.45, 2.75) is 48.5 Å². The Morgan fingerprint density at radius 2 is 1.04 bits per heavy atom. The lowest BCUT2D eigenvalue weighted by Crippen LogP contribution is -2.45. The summed E-state index contributed by atoms with van der Waals surface area (Å²) in [4.78, 5) is 0. The zero-order chi connectivity index (χ0) is 18.3. The highest BCUT2D eigenvalue weighted by molar-refractivity contribution is 6.91. The van der Waals surface area contributed by atoms with E-state index in [1.165, 1.54) is 27.8 Å². The van der Waals surface area contributed by atoms with Gasteiger partial charge < -0.3 is 0 Å². The maximum atomic E-state index is 2.54. The average molecular weight is 347 g/mol. The Labute approximate surface area is 154 Å². The minimum Gasteiger partial charge on any atom is -0.0776 e. The van der Waals surface area contributed by atoms with Crippen molar-refractivity contribution in [2.24, 2.45) is 5.92 Å². The van der Waals surface area contributed by atoms with Crippen molar-refractivity contribution in [2.75, 3.05) is 0 Å². The van der Waals surface area contributed by atoms with Gasteiger partial charge in [-0.25, -0.2) is 0 Å². The molecule has 1 atom stereocenters. The van der Waals surface area contributed by atoms with Gasteiger partial charge in [0.05, 0.1) is 0 Å². The molecule has 2 aromatic rings. The summed E-state index contributed by atoms with van der Waals surface area (Å²) in [6, 6.07) is 14.3. The fourth-order valence-electron chi connectivity index (χ4n) is 4.31. The second-order valence-electron chi connectivity index (χ2n) is 7.99. The third kappa shape index (κ3) is 3.57. The molecule has 25 heavy (non-hydrogen) atoms. The molecule has 0 bridgehead atoms. The smallest absolute Gasteiger partial charge is 0.0776 e. The first kappa shape index (κ1) is 17.9. The fraction of sp³-hybridized carbons (Fsp3) is 0.333. The summed E-state index contributed by atoms with van der Waals surface area (Å²) >= 11 is 0. The van der Waals surface area contributed by atoms with Gasteiger partial charge in [0.1, 0.15) is 8.80 Å². The van der Waals surface area contributed by atoms with E-state index >= 15 is 0 Å². The Kier molecular flexibility index (Phi) is 4.88. The van der Waals surface area contributed by atoms with Crippen molar-refractivity contribution >= 4 is 19.2 Å². The zero-order valence-corrected chi connectivity index (χ0v) is 17.9. The van der Waals surface area contributed by atoms with Crippen molar-refractivity contribution < 1.29 is 0 Å². The molecule has 0 heterocycles. The van der Waals surface area contributed by atoms with Gasteiger partial charge in [0.2, 0.25) is 0 Å². The molecule has 0 saturated heterocycles. The van der Waals surface area contributed by atoms with Crippen molar-refractivity contribution in [1.29, 1.82) is 0 Å². The molecule has 1 unspecified atom stereocenters. The number of hydrogen-bond acceptors (Lipinski definition) is 0. The monoisotopic (exact) mass is 346 g/mol. The molecule has 0 amide bonds. The third-order valence-electron chi connectivity index (χ3n) is 5.60. The van der Waals surface area contributed by atoms with Crippen LogP contribution in [0.5, 0.6) is 0 Å². The number of hydrogen-bond donors (Lipinski definition) is 0. The maximum absolute atomic E-state index is 2.54. The van der Waals surface area contributed by atoms with Crippen molar-refractivity contribution in [3.05, 3.63) is 81.1 Å². The van der Waals surface area contributed by atoms with Crippen molar-refractivity contribution in [1.82, 2.24) is 0 Å². The van der Waals surface area contributed by atoms with Crippen LogP contribution in [0.2, 0.25) is 0 Å². The van der Waals surface area contributed by atoms with Crippen molar-refractivity contribution in [3.63, 3.8) is 0 Å². The first-order chi connectivity index (χ1) is 11.8. The average Bonchev–Trinajstić information content (AvgIpc) is 2.73. The lowest BCUT2D eigenvalue weighted by atomic mass is 10.1. The zero-order valence-electron chi connectivity index (χ0n) is 16.7. The van der Waals surface area contributed by atoms with Gasteiger partial charge in [0.25, 0.3) is 0 Å². The Balaban J connectivity index is 2.24. The van der Waals surface area contributed by atoms with Crippen LogP contribution in [0.25, 0.3) is 0 Å². The Bertz CT molecular complexity index is 791.